The number of benzene rings is 1. The summed E-state index contributed by atoms with van der Waals surface area (Å²) in [6.07, 6.45) is 1.32. The molecular formula is C14H15NO3. The van der Waals surface area contributed by atoms with Crippen molar-refractivity contribution in [3.05, 3.63) is 41.8 Å². The fourth-order valence-electron chi connectivity index (χ4n) is 1.68. The van der Waals surface area contributed by atoms with Gasteiger partial charge in [0.05, 0.1) is 6.20 Å². The van der Waals surface area contributed by atoms with E-state index < -0.39 is 5.97 Å². The van der Waals surface area contributed by atoms with Crippen molar-refractivity contribution in [2.75, 3.05) is 0 Å². The molecule has 2 aromatic rings. The van der Waals surface area contributed by atoms with Gasteiger partial charge in [-0.05, 0) is 23.6 Å². The summed E-state index contributed by atoms with van der Waals surface area (Å²) in [6.45, 7) is 4.26. The van der Waals surface area contributed by atoms with Gasteiger partial charge >= 0.3 is 5.97 Å². The van der Waals surface area contributed by atoms with E-state index in [4.69, 9.17) is 9.52 Å². The summed E-state index contributed by atoms with van der Waals surface area (Å²) < 4.78 is 5.39. The quantitative estimate of drug-likeness (QED) is 0.899. The van der Waals surface area contributed by atoms with Crippen LogP contribution in [0.25, 0.3) is 11.5 Å². The molecule has 18 heavy (non-hydrogen) atoms. The third kappa shape index (κ3) is 2.77. The van der Waals surface area contributed by atoms with Gasteiger partial charge in [-0.25, -0.2) is 4.98 Å². The first-order valence-corrected chi connectivity index (χ1v) is 5.83. The van der Waals surface area contributed by atoms with Crippen LogP contribution in [0, 0.1) is 0 Å². The molecular weight excluding hydrogens is 230 g/mol. The van der Waals surface area contributed by atoms with Gasteiger partial charge in [0, 0.05) is 5.56 Å². The second-order valence-electron chi connectivity index (χ2n) is 4.48. The molecule has 1 aromatic carbocycles. The Morgan fingerprint density at radius 3 is 2.56 bits per heavy atom. The highest BCUT2D eigenvalue weighted by molar-refractivity contribution is 5.69. The number of hydrogen-bond donors (Lipinski definition) is 1. The number of rotatable bonds is 4. The van der Waals surface area contributed by atoms with E-state index in [1.807, 2.05) is 24.3 Å². The van der Waals surface area contributed by atoms with Crippen molar-refractivity contribution in [1.29, 1.82) is 0 Å². The molecule has 0 amide bonds. The highest BCUT2D eigenvalue weighted by Gasteiger charge is 2.09. The minimum absolute atomic E-state index is 0.142. The number of carboxylic acids is 1. The van der Waals surface area contributed by atoms with E-state index in [0.29, 0.717) is 17.6 Å². The Hall–Kier alpha value is -2.10. The maximum Gasteiger partial charge on any atom is 0.311 e. The SMILES string of the molecule is CC(C)c1ccc(-c2ncc(CC(=O)O)o2)cc1. The zero-order chi connectivity index (χ0) is 13.1. The Morgan fingerprint density at radius 1 is 1.33 bits per heavy atom. The molecule has 0 radical (unpaired) electrons. The van der Waals surface area contributed by atoms with Crippen molar-refractivity contribution in [3.8, 4) is 11.5 Å². The van der Waals surface area contributed by atoms with Gasteiger partial charge in [0.25, 0.3) is 0 Å². The molecule has 0 aliphatic rings. The summed E-state index contributed by atoms with van der Waals surface area (Å²) in [4.78, 5) is 14.6. The minimum Gasteiger partial charge on any atom is -0.481 e. The van der Waals surface area contributed by atoms with Crippen LogP contribution in [0.2, 0.25) is 0 Å². The van der Waals surface area contributed by atoms with Crippen LogP contribution in [0.5, 0.6) is 0 Å². The molecule has 4 nitrogen and oxygen atoms in total. The number of carboxylic acid groups (broad SMARTS) is 1. The molecule has 0 fully saturated rings. The monoisotopic (exact) mass is 245 g/mol. The van der Waals surface area contributed by atoms with E-state index in [0.717, 1.165) is 5.56 Å². The normalized spacial score (nSPS) is 10.8. The van der Waals surface area contributed by atoms with Gasteiger partial charge in [0.2, 0.25) is 5.89 Å². The lowest BCUT2D eigenvalue weighted by atomic mass is 10.0. The first-order chi connectivity index (χ1) is 8.56. The maximum atomic E-state index is 10.5. The fourth-order valence-corrected chi connectivity index (χ4v) is 1.68. The van der Waals surface area contributed by atoms with Gasteiger partial charge in [0.15, 0.2) is 0 Å². The molecule has 1 heterocycles. The second kappa shape index (κ2) is 5.04. The van der Waals surface area contributed by atoms with E-state index in [-0.39, 0.29) is 6.42 Å². The largest absolute Gasteiger partial charge is 0.481 e. The molecule has 0 spiro atoms. The van der Waals surface area contributed by atoms with Crippen molar-refractivity contribution in [3.63, 3.8) is 0 Å². The average Bonchev–Trinajstić information content (AvgIpc) is 2.76. The Bertz CT molecular complexity index is 540. The predicted molar refractivity (Wildman–Crippen MR) is 67.4 cm³/mol. The lowest BCUT2D eigenvalue weighted by molar-refractivity contribution is -0.136. The zero-order valence-electron chi connectivity index (χ0n) is 10.4. The smallest absolute Gasteiger partial charge is 0.311 e. The molecule has 0 saturated heterocycles. The van der Waals surface area contributed by atoms with Crippen LogP contribution >= 0.6 is 0 Å². The van der Waals surface area contributed by atoms with Crippen LogP contribution in [0.15, 0.2) is 34.9 Å². The third-order valence-corrected chi connectivity index (χ3v) is 2.70. The van der Waals surface area contributed by atoms with Crippen molar-refractivity contribution in [1.82, 2.24) is 4.98 Å². The first-order valence-electron chi connectivity index (χ1n) is 5.83. The molecule has 94 valence electrons. The Labute approximate surface area is 105 Å². The molecule has 1 N–H and O–H groups in total. The lowest BCUT2D eigenvalue weighted by Crippen LogP contribution is -1.97. The standard InChI is InChI=1S/C14H15NO3/c1-9(2)10-3-5-11(6-4-10)14-15-8-12(18-14)7-13(16)17/h3-6,8-9H,7H2,1-2H3,(H,16,17). The zero-order valence-corrected chi connectivity index (χ0v) is 10.4. The van der Waals surface area contributed by atoms with E-state index in [9.17, 15) is 4.79 Å². The minimum atomic E-state index is -0.923. The summed E-state index contributed by atoms with van der Waals surface area (Å²) in [7, 11) is 0. The number of oxazole rings is 1. The molecule has 1 aromatic heterocycles. The fraction of sp³-hybridized carbons (Fsp3) is 0.286. The summed E-state index contributed by atoms with van der Waals surface area (Å²) in [5, 5.41) is 8.66. The van der Waals surface area contributed by atoms with Gasteiger partial charge < -0.3 is 9.52 Å². The van der Waals surface area contributed by atoms with Crippen LogP contribution in [-0.4, -0.2) is 16.1 Å². The van der Waals surface area contributed by atoms with Gasteiger partial charge in [-0.2, -0.15) is 0 Å². The maximum absolute atomic E-state index is 10.5. The molecule has 0 bridgehead atoms. The van der Waals surface area contributed by atoms with Crippen LogP contribution in [0.4, 0.5) is 0 Å². The van der Waals surface area contributed by atoms with E-state index >= 15 is 0 Å². The topological polar surface area (TPSA) is 63.3 Å². The van der Waals surface area contributed by atoms with Crippen LogP contribution in [0.1, 0.15) is 31.1 Å². The predicted octanol–water partition coefficient (Wildman–Crippen LogP) is 3.09. The average molecular weight is 245 g/mol. The van der Waals surface area contributed by atoms with Gasteiger partial charge in [-0.3, -0.25) is 4.79 Å². The van der Waals surface area contributed by atoms with E-state index in [1.54, 1.807) is 0 Å². The van der Waals surface area contributed by atoms with Crippen LogP contribution in [0.3, 0.4) is 0 Å². The van der Waals surface area contributed by atoms with Crippen molar-refractivity contribution < 1.29 is 14.3 Å². The van der Waals surface area contributed by atoms with E-state index in [2.05, 4.69) is 18.8 Å². The number of aliphatic carboxylic acids is 1. The summed E-state index contributed by atoms with van der Waals surface area (Å²) in [6, 6.07) is 7.93. The van der Waals surface area contributed by atoms with Gasteiger partial charge in [-0.1, -0.05) is 26.0 Å². The number of hydrogen-bond acceptors (Lipinski definition) is 3. The second-order valence-corrected chi connectivity index (χ2v) is 4.48. The molecule has 0 unspecified atom stereocenters. The first kappa shape index (κ1) is 12.4. The molecule has 4 heteroatoms. The molecule has 0 aliphatic heterocycles. The number of aromatic nitrogens is 1. The number of nitrogens with zero attached hydrogens (tertiary/aromatic N) is 1. The Kier molecular flexibility index (Phi) is 3.46. The van der Waals surface area contributed by atoms with Crippen LogP contribution in [-0.2, 0) is 11.2 Å². The Morgan fingerprint density at radius 2 is 2.00 bits per heavy atom. The van der Waals surface area contributed by atoms with Crippen molar-refractivity contribution in [2.24, 2.45) is 0 Å². The molecule has 2 rings (SSSR count). The molecule has 0 saturated carbocycles. The Balaban J connectivity index is 2.20. The van der Waals surface area contributed by atoms with Gasteiger partial charge in [-0.15, -0.1) is 0 Å². The summed E-state index contributed by atoms with van der Waals surface area (Å²) >= 11 is 0. The molecule has 0 atom stereocenters. The third-order valence-electron chi connectivity index (χ3n) is 2.70. The van der Waals surface area contributed by atoms with Crippen molar-refractivity contribution >= 4 is 5.97 Å². The summed E-state index contributed by atoms with van der Waals surface area (Å²) in [5.74, 6) is 0.381. The van der Waals surface area contributed by atoms with Gasteiger partial charge in [0.1, 0.15) is 12.2 Å². The summed E-state index contributed by atoms with van der Waals surface area (Å²) in [5.41, 5.74) is 2.10. The highest BCUT2D eigenvalue weighted by Crippen LogP contribution is 2.22. The van der Waals surface area contributed by atoms with Crippen LogP contribution < -0.4 is 0 Å². The number of carbonyl (C=O) groups is 1. The highest BCUT2D eigenvalue weighted by atomic mass is 16.4. The van der Waals surface area contributed by atoms with E-state index in [1.165, 1.54) is 11.8 Å². The van der Waals surface area contributed by atoms with Crippen molar-refractivity contribution in [2.45, 2.75) is 26.2 Å². The molecule has 0 aliphatic carbocycles. The lowest BCUT2D eigenvalue weighted by Gasteiger charge is -2.04.